The molecule has 2 bridgehead atoms. The van der Waals surface area contributed by atoms with E-state index < -0.39 is 6.10 Å². The van der Waals surface area contributed by atoms with E-state index in [1.807, 2.05) is 28.8 Å². The first-order chi connectivity index (χ1) is 11.4. The van der Waals surface area contributed by atoms with E-state index in [1.165, 1.54) is 12.8 Å². The average molecular weight is 328 g/mol. The molecule has 4 rings (SSSR count). The highest BCUT2D eigenvalue weighted by Crippen LogP contribution is 2.66. The zero-order valence-electron chi connectivity index (χ0n) is 14.9. The third-order valence-corrected chi connectivity index (χ3v) is 7.14. The number of aliphatic hydroxyl groups excluding tert-OH is 1. The molecule has 2 fully saturated rings. The Morgan fingerprint density at radius 3 is 2.83 bits per heavy atom. The molecule has 2 aliphatic rings. The van der Waals surface area contributed by atoms with Gasteiger partial charge in [0.1, 0.15) is 0 Å². The Balaban J connectivity index is 1.39. The quantitative estimate of drug-likeness (QED) is 0.912. The van der Waals surface area contributed by atoms with Crippen LogP contribution in [0.3, 0.4) is 0 Å². The minimum atomic E-state index is -0.506. The van der Waals surface area contributed by atoms with Gasteiger partial charge in [-0.25, -0.2) is 4.98 Å². The van der Waals surface area contributed by atoms with Crippen LogP contribution in [0.1, 0.15) is 40.0 Å². The monoisotopic (exact) mass is 328 g/mol. The summed E-state index contributed by atoms with van der Waals surface area (Å²) in [5.41, 5.74) is 2.62. The van der Waals surface area contributed by atoms with Crippen molar-refractivity contribution in [2.75, 3.05) is 6.61 Å². The van der Waals surface area contributed by atoms with Gasteiger partial charge in [0, 0.05) is 0 Å². The van der Waals surface area contributed by atoms with E-state index in [4.69, 9.17) is 4.74 Å². The Bertz CT molecular complexity index is 738. The molecule has 4 heteroatoms. The van der Waals surface area contributed by atoms with Crippen LogP contribution in [0, 0.1) is 16.7 Å². The Morgan fingerprint density at radius 1 is 1.33 bits per heavy atom. The first-order valence-corrected chi connectivity index (χ1v) is 9.11. The molecule has 4 nitrogen and oxygen atoms in total. The Morgan fingerprint density at radius 2 is 2.12 bits per heavy atom. The van der Waals surface area contributed by atoms with Gasteiger partial charge in [0.25, 0.3) is 0 Å². The molecule has 0 aliphatic heterocycles. The average Bonchev–Trinajstić information content (AvgIpc) is 3.12. The minimum absolute atomic E-state index is 0.249. The number of nitrogens with zero attached hydrogens (tertiary/aromatic N) is 2. The van der Waals surface area contributed by atoms with Gasteiger partial charge in [0.15, 0.2) is 0 Å². The molecule has 4 atom stereocenters. The molecule has 2 aromatic rings. The zero-order valence-corrected chi connectivity index (χ0v) is 14.9. The Kier molecular flexibility index (Phi) is 3.73. The lowest BCUT2D eigenvalue weighted by molar-refractivity contribution is -0.0771. The minimum Gasteiger partial charge on any atom is -0.389 e. The fraction of sp³-hybridized carbons (Fsp3) is 0.650. The summed E-state index contributed by atoms with van der Waals surface area (Å²) in [5, 5.41) is 10.5. The number of hydrogen-bond donors (Lipinski definition) is 1. The molecule has 0 unspecified atom stereocenters. The summed E-state index contributed by atoms with van der Waals surface area (Å²) in [6.45, 7) is 8.08. The van der Waals surface area contributed by atoms with Gasteiger partial charge in [-0.15, -0.1) is 0 Å². The van der Waals surface area contributed by atoms with Crippen LogP contribution in [-0.4, -0.2) is 33.5 Å². The summed E-state index contributed by atoms with van der Waals surface area (Å²) >= 11 is 0. The number of benzene rings is 1. The van der Waals surface area contributed by atoms with Crippen molar-refractivity contribution in [1.82, 2.24) is 9.55 Å². The fourth-order valence-electron chi connectivity index (χ4n) is 5.05. The van der Waals surface area contributed by atoms with Crippen LogP contribution in [0.25, 0.3) is 11.0 Å². The van der Waals surface area contributed by atoms with Crippen LogP contribution < -0.4 is 0 Å². The van der Waals surface area contributed by atoms with E-state index in [1.54, 1.807) is 6.33 Å². The van der Waals surface area contributed by atoms with Crippen molar-refractivity contribution < 1.29 is 9.84 Å². The third-order valence-electron chi connectivity index (χ3n) is 7.14. The number of ether oxygens (including phenoxy) is 1. The molecule has 1 aromatic heterocycles. The van der Waals surface area contributed by atoms with E-state index >= 15 is 0 Å². The van der Waals surface area contributed by atoms with E-state index in [-0.39, 0.29) is 11.5 Å². The zero-order chi connectivity index (χ0) is 16.9. The first kappa shape index (κ1) is 16.1. The van der Waals surface area contributed by atoms with Gasteiger partial charge in [0.2, 0.25) is 0 Å². The van der Waals surface area contributed by atoms with Crippen molar-refractivity contribution in [2.45, 2.75) is 58.8 Å². The molecule has 24 heavy (non-hydrogen) atoms. The number of para-hydroxylation sites is 2. The number of imidazole rings is 1. The Hall–Kier alpha value is -1.39. The standard InChI is InChI=1S/C20H28N2O2/c1-19(2)14-8-9-20(19,3)18(10-14)24-12-15(23)11-22-13-21-16-6-4-5-7-17(16)22/h4-7,13-15,18,23H,8-12H2,1-3H3/t14-,15+,18-,20-/m0/s1. The summed E-state index contributed by atoms with van der Waals surface area (Å²) < 4.78 is 8.22. The van der Waals surface area contributed by atoms with Crippen molar-refractivity contribution in [2.24, 2.45) is 16.7 Å². The lowest BCUT2D eigenvalue weighted by Gasteiger charge is -2.39. The highest BCUT2D eigenvalue weighted by molar-refractivity contribution is 5.74. The smallest absolute Gasteiger partial charge is 0.0959 e. The maximum absolute atomic E-state index is 10.5. The van der Waals surface area contributed by atoms with Gasteiger partial charge in [-0.1, -0.05) is 32.9 Å². The van der Waals surface area contributed by atoms with Crippen LogP contribution in [-0.2, 0) is 11.3 Å². The summed E-state index contributed by atoms with van der Waals surface area (Å²) in [6, 6.07) is 8.01. The van der Waals surface area contributed by atoms with Crippen molar-refractivity contribution in [3.05, 3.63) is 30.6 Å². The molecule has 2 aliphatic carbocycles. The molecular formula is C20H28N2O2. The molecular weight excluding hydrogens is 300 g/mol. The van der Waals surface area contributed by atoms with Crippen molar-refractivity contribution in [1.29, 1.82) is 0 Å². The van der Waals surface area contributed by atoms with Crippen LogP contribution >= 0.6 is 0 Å². The molecule has 1 aromatic carbocycles. The van der Waals surface area contributed by atoms with Gasteiger partial charge in [-0.2, -0.15) is 0 Å². The van der Waals surface area contributed by atoms with E-state index in [9.17, 15) is 5.11 Å². The lowest BCUT2D eigenvalue weighted by atomic mass is 9.70. The van der Waals surface area contributed by atoms with Crippen LogP contribution in [0.15, 0.2) is 30.6 Å². The largest absolute Gasteiger partial charge is 0.389 e. The molecule has 0 spiro atoms. The first-order valence-electron chi connectivity index (χ1n) is 9.11. The second kappa shape index (κ2) is 5.57. The van der Waals surface area contributed by atoms with E-state index in [2.05, 4.69) is 25.8 Å². The number of aliphatic hydroxyl groups is 1. The summed E-state index contributed by atoms with van der Waals surface area (Å²) in [5.74, 6) is 0.766. The maximum atomic E-state index is 10.5. The Labute approximate surface area is 143 Å². The van der Waals surface area contributed by atoms with Crippen LogP contribution in [0.2, 0.25) is 0 Å². The topological polar surface area (TPSA) is 47.3 Å². The normalized spacial score (nSPS) is 32.5. The van der Waals surface area contributed by atoms with E-state index in [0.717, 1.165) is 23.4 Å². The number of aromatic nitrogens is 2. The van der Waals surface area contributed by atoms with E-state index in [0.29, 0.717) is 18.6 Å². The van der Waals surface area contributed by atoms with Gasteiger partial charge < -0.3 is 14.4 Å². The fourth-order valence-corrected chi connectivity index (χ4v) is 5.05. The van der Waals surface area contributed by atoms with Gasteiger partial charge in [-0.05, 0) is 48.1 Å². The maximum Gasteiger partial charge on any atom is 0.0959 e. The highest BCUT2D eigenvalue weighted by atomic mass is 16.5. The molecule has 130 valence electrons. The molecule has 0 saturated heterocycles. The predicted octanol–water partition coefficient (Wildman–Crippen LogP) is 3.63. The van der Waals surface area contributed by atoms with Crippen LogP contribution in [0.5, 0.6) is 0 Å². The molecule has 1 N–H and O–H groups in total. The second-order valence-electron chi connectivity index (χ2n) is 8.47. The molecule has 0 amide bonds. The third kappa shape index (κ3) is 2.31. The van der Waals surface area contributed by atoms with Gasteiger partial charge in [-0.3, -0.25) is 0 Å². The highest BCUT2D eigenvalue weighted by Gasteiger charge is 2.61. The second-order valence-corrected chi connectivity index (χ2v) is 8.47. The molecule has 0 radical (unpaired) electrons. The summed E-state index contributed by atoms with van der Waals surface area (Å²) in [6.07, 6.45) is 5.29. The van der Waals surface area contributed by atoms with Gasteiger partial charge in [0.05, 0.1) is 42.7 Å². The molecule has 2 saturated carbocycles. The van der Waals surface area contributed by atoms with Crippen molar-refractivity contribution >= 4 is 11.0 Å². The van der Waals surface area contributed by atoms with Gasteiger partial charge >= 0.3 is 0 Å². The molecule has 1 heterocycles. The summed E-state index contributed by atoms with van der Waals surface area (Å²) in [4.78, 5) is 4.38. The van der Waals surface area contributed by atoms with Crippen molar-refractivity contribution in [3.8, 4) is 0 Å². The number of rotatable bonds is 5. The predicted molar refractivity (Wildman–Crippen MR) is 94.7 cm³/mol. The SMILES string of the molecule is CC1(C)[C@H]2CC[C@@]1(C)[C@@H](OC[C@H](O)Cn1cnc3ccccc31)C2. The number of fused-ring (bicyclic) bond motifs is 3. The van der Waals surface area contributed by atoms with Crippen LogP contribution in [0.4, 0.5) is 0 Å². The number of hydrogen-bond acceptors (Lipinski definition) is 3. The lowest BCUT2D eigenvalue weighted by Crippen LogP contribution is -2.38. The van der Waals surface area contributed by atoms with Crippen molar-refractivity contribution in [3.63, 3.8) is 0 Å². The summed E-state index contributed by atoms with van der Waals surface area (Å²) in [7, 11) is 0.